The maximum Gasteiger partial charge on any atom is 0.526 e. The third-order valence-electron chi connectivity index (χ3n) is 1.30. The lowest BCUT2D eigenvalue weighted by molar-refractivity contribution is 0.0600. The Bertz CT molecular complexity index is 279. The molecule has 0 radical (unpaired) electrons. The largest absolute Gasteiger partial charge is 0.526 e. The fraction of sp³-hybridized carbons (Fsp3) is 0.167. The first-order chi connectivity index (χ1) is 5.65. The summed E-state index contributed by atoms with van der Waals surface area (Å²) in [7, 11) is -0.479. The van der Waals surface area contributed by atoms with E-state index < -0.39 is 13.1 Å². The van der Waals surface area contributed by atoms with Crippen LogP contribution in [0.4, 0.5) is 0 Å². The molecule has 2 N–H and O–H groups in total. The molecule has 0 spiro atoms. The zero-order valence-corrected chi connectivity index (χ0v) is 6.35. The zero-order valence-electron chi connectivity index (χ0n) is 6.35. The Morgan fingerprint density at radius 3 is 2.75 bits per heavy atom. The molecule has 0 amide bonds. The van der Waals surface area contributed by atoms with Crippen molar-refractivity contribution in [2.24, 2.45) is 0 Å². The van der Waals surface area contributed by atoms with E-state index in [0.29, 0.717) is 0 Å². The summed E-state index contributed by atoms with van der Waals surface area (Å²) in [5.74, 6) is -0.578. The van der Waals surface area contributed by atoms with Crippen molar-refractivity contribution < 1.29 is 24.0 Å². The second-order valence-electron chi connectivity index (χ2n) is 2.10. The van der Waals surface area contributed by atoms with Crippen LogP contribution in [-0.4, -0.2) is 30.2 Å². The van der Waals surface area contributed by atoms with Crippen molar-refractivity contribution in [1.29, 1.82) is 0 Å². The Balaban J connectivity index is 2.84. The molecule has 1 rings (SSSR count). The summed E-state index contributed by atoms with van der Waals surface area (Å²) in [5, 5.41) is 17.2. The molecule has 0 aliphatic rings. The molecule has 0 fully saturated rings. The highest BCUT2D eigenvalue weighted by Crippen LogP contribution is 1.99. The third kappa shape index (κ3) is 1.66. The van der Waals surface area contributed by atoms with Crippen molar-refractivity contribution in [2.75, 3.05) is 7.11 Å². The maximum absolute atomic E-state index is 10.8. The second-order valence-corrected chi connectivity index (χ2v) is 2.10. The van der Waals surface area contributed by atoms with E-state index in [1.165, 1.54) is 13.2 Å². The van der Waals surface area contributed by atoms with Gasteiger partial charge in [0, 0.05) is 0 Å². The van der Waals surface area contributed by atoms with Gasteiger partial charge in [0.05, 0.1) is 12.7 Å². The van der Waals surface area contributed by atoms with E-state index in [-0.39, 0.29) is 11.2 Å². The summed E-state index contributed by atoms with van der Waals surface area (Å²) in [6, 6.07) is 1.20. The smallest absolute Gasteiger partial charge is 0.472 e. The van der Waals surface area contributed by atoms with Gasteiger partial charge in [-0.3, -0.25) is 0 Å². The highest BCUT2D eigenvalue weighted by Gasteiger charge is 2.18. The van der Waals surface area contributed by atoms with Gasteiger partial charge in [-0.2, -0.15) is 0 Å². The van der Waals surface area contributed by atoms with Gasteiger partial charge >= 0.3 is 13.1 Å². The van der Waals surface area contributed by atoms with Gasteiger partial charge in [0.15, 0.2) is 0 Å². The Kier molecular flexibility index (Phi) is 2.52. The van der Waals surface area contributed by atoms with Gasteiger partial charge in [0.2, 0.25) is 0 Å². The molecule has 1 aromatic rings. The molecular weight excluding hydrogens is 163 g/mol. The fourth-order valence-electron chi connectivity index (χ4n) is 0.713. The standard InChI is InChI=1S/C6H7BO5/c1-11-6(8)4-2-5(7(9)10)12-3-4/h2-3,9-10H,1H3. The Morgan fingerprint density at radius 1 is 1.67 bits per heavy atom. The molecule has 1 aromatic heterocycles. The minimum Gasteiger partial charge on any atom is -0.472 e. The Hall–Kier alpha value is -1.27. The molecular formula is C6H7BO5. The highest BCUT2D eigenvalue weighted by molar-refractivity contribution is 6.57. The summed E-state index contributed by atoms with van der Waals surface area (Å²) in [5.41, 5.74) is 0.0657. The van der Waals surface area contributed by atoms with E-state index >= 15 is 0 Å². The average molecular weight is 170 g/mol. The minimum absolute atomic E-state index is 0.0876. The lowest BCUT2D eigenvalue weighted by Crippen LogP contribution is -2.28. The van der Waals surface area contributed by atoms with Gasteiger partial charge in [0.25, 0.3) is 0 Å². The number of esters is 1. The number of furan rings is 1. The fourth-order valence-corrected chi connectivity index (χ4v) is 0.713. The Labute approximate surface area is 68.7 Å². The van der Waals surface area contributed by atoms with Crippen molar-refractivity contribution in [3.8, 4) is 0 Å². The van der Waals surface area contributed by atoms with Crippen molar-refractivity contribution in [3.63, 3.8) is 0 Å². The lowest BCUT2D eigenvalue weighted by atomic mass is 9.87. The van der Waals surface area contributed by atoms with Crippen molar-refractivity contribution in [2.45, 2.75) is 0 Å². The van der Waals surface area contributed by atoms with Crippen LogP contribution in [0.1, 0.15) is 10.4 Å². The molecule has 12 heavy (non-hydrogen) atoms. The quantitative estimate of drug-likeness (QED) is 0.428. The normalized spacial score (nSPS) is 9.58. The summed E-state index contributed by atoms with van der Waals surface area (Å²) < 4.78 is 9.02. The number of carbonyl (C=O) groups is 1. The molecule has 0 aromatic carbocycles. The molecule has 0 bridgehead atoms. The molecule has 64 valence electrons. The number of carbonyl (C=O) groups excluding carboxylic acids is 1. The average Bonchev–Trinajstić information content (AvgIpc) is 2.51. The van der Waals surface area contributed by atoms with Crippen LogP contribution >= 0.6 is 0 Å². The van der Waals surface area contributed by atoms with Gasteiger partial charge in [-0.25, -0.2) is 4.79 Å². The molecule has 6 heteroatoms. The van der Waals surface area contributed by atoms with E-state index in [9.17, 15) is 4.79 Å². The molecule has 0 aliphatic heterocycles. The SMILES string of the molecule is COC(=O)c1coc(B(O)O)c1. The van der Waals surface area contributed by atoms with E-state index in [0.717, 1.165) is 6.26 Å². The van der Waals surface area contributed by atoms with Gasteiger partial charge in [0.1, 0.15) is 11.9 Å². The lowest BCUT2D eigenvalue weighted by Gasteiger charge is -1.90. The monoisotopic (exact) mass is 170 g/mol. The summed E-state index contributed by atoms with van der Waals surface area (Å²) in [6.45, 7) is 0. The van der Waals surface area contributed by atoms with Crippen LogP contribution in [0.15, 0.2) is 16.7 Å². The molecule has 0 saturated heterocycles. The Morgan fingerprint density at radius 2 is 2.33 bits per heavy atom. The predicted molar refractivity (Wildman–Crippen MR) is 39.9 cm³/mol. The number of methoxy groups -OCH3 is 1. The minimum atomic E-state index is -1.71. The number of ether oxygens (including phenoxy) is 1. The number of hydrogen-bond acceptors (Lipinski definition) is 5. The van der Waals surface area contributed by atoms with E-state index in [4.69, 9.17) is 10.0 Å². The summed E-state index contributed by atoms with van der Waals surface area (Å²) in [6.07, 6.45) is 1.10. The molecule has 1 heterocycles. The predicted octanol–water partition coefficient (Wildman–Crippen LogP) is -1.25. The van der Waals surface area contributed by atoms with Crippen LogP contribution in [0.3, 0.4) is 0 Å². The second kappa shape index (κ2) is 3.42. The molecule has 0 unspecified atom stereocenters. The summed E-state index contributed by atoms with van der Waals surface area (Å²) >= 11 is 0. The summed E-state index contributed by atoms with van der Waals surface area (Å²) in [4.78, 5) is 10.8. The van der Waals surface area contributed by atoms with Crippen LogP contribution < -0.4 is 5.66 Å². The maximum atomic E-state index is 10.8. The number of rotatable bonds is 2. The van der Waals surface area contributed by atoms with Gasteiger partial charge in [-0.1, -0.05) is 0 Å². The van der Waals surface area contributed by atoms with Gasteiger partial charge in [-0.15, -0.1) is 0 Å². The van der Waals surface area contributed by atoms with Gasteiger partial charge in [-0.05, 0) is 6.07 Å². The topological polar surface area (TPSA) is 79.9 Å². The highest BCUT2D eigenvalue weighted by atomic mass is 16.5. The van der Waals surface area contributed by atoms with E-state index in [1.807, 2.05) is 0 Å². The van der Waals surface area contributed by atoms with Crippen LogP contribution in [0.2, 0.25) is 0 Å². The third-order valence-corrected chi connectivity index (χ3v) is 1.30. The first kappa shape index (κ1) is 8.83. The van der Waals surface area contributed by atoms with Gasteiger partial charge < -0.3 is 19.2 Å². The van der Waals surface area contributed by atoms with Crippen LogP contribution in [0.5, 0.6) is 0 Å². The first-order valence-corrected chi connectivity index (χ1v) is 3.18. The van der Waals surface area contributed by atoms with E-state index in [1.54, 1.807) is 0 Å². The van der Waals surface area contributed by atoms with Crippen LogP contribution in [-0.2, 0) is 4.74 Å². The molecule has 0 saturated carbocycles. The van der Waals surface area contributed by atoms with E-state index in [2.05, 4.69) is 9.15 Å². The van der Waals surface area contributed by atoms with Crippen molar-refractivity contribution >= 4 is 18.7 Å². The molecule has 0 aliphatic carbocycles. The molecule has 0 atom stereocenters. The van der Waals surface area contributed by atoms with Crippen LogP contribution in [0.25, 0.3) is 0 Å². The first-order valence-electron chi connectivity index (χ1n) is 3.18. The number of hydrogen-bond donors (Lipinski definition) is 2. The van der Waals surface area contributed by atoms with Crippen molar-refractivity contribution in [3.05, 3.63) is 17.9 Å². The zero-order chi connectivity index (χ0) is 9.14. The van der Waals surface area contributed by atoms with Crippen LogP contribution in [0, 0.1) is 0 Å². The van der Waals surface area contributed by atoms with Crippen molar-refractivity contribution in [1.82, 2.24) is 0 Å². The molecule has 5 nitrogen and oxygen atoms in total.